The number of phenolic OH excluding ortho intramolecular Hbond substituents is 1. The number of benzene rings is 1. The highest BCUT2D eigenvalue weighted by atomic mass is 16.4. The Morgan fingerprint density at radius 2 is 1.68 bits per heavy atom. The molecule has 0 heterocycles. The van der Waals surface area contributed by atoms with Gasteiger partial charge in [-0.3, -0.25) is 4.79 Å². The number of unbranched alkanes of at least 4 members (excludes halogenated alkanes) is 1. The highest BCUT2D eigenvalue weighted by Crippen LogP contribution is 2.35. The van der Waals surface area contributed by atoms with Crippen molar-refractivity contribution in [2.24, 2.45) is 0 Å². The Hall–Kier alpha value is -2.76. The van der Waals surface area contributed by atoms with E-state index in [9.17, 15) is 24.9 Å². The molecule has 6 heteroatoms. The van der Waals surface area contributed by atoms with Gasteiger partial charge >= 0.3 is 11.9 Å². The van der Waals surface area contributed by atoms with Crippen molar-refractivity contribution in [1.29, 1.82) is 0 Å². The molecule has 0 fully saturated rings. The number of aromatic carboxylic acids is 1. The second kappa shape index (κ2) is 11.2. The number of hydrogen-bond donors (Lipinski definition) is 4. The molecular weight excluding hydrogens is 360 g/mol. The summed E-state index contributed by atoms with van der Waals surface area (Å²) in [6.45, 7) is 6.03. The minimum absolute atomic E-state index is 0.00469. The molecule has 1 aromatic rings. The Morgan fingerprint density at radius 1 is 1.00 bits per heavy atom. The number of carboxylic acids is 2. The van der Waals surface area contributed by atoms with Gasteiger partial charge < -0.3 is 20.4 Å². The van der Waals surface area contributed by atoms with Crippen molar-refractivity contribution in [2.75, 3.05) is 0 Å². The lowest BCUT2D eigenvalue weighted by Crippen LogP contribution is -2.06. The zero-order valence-corrected chi connectivity index (χ0v) is 16.8. The van der Waals surface area contributed by atoms with E-state index in [-0.39, 0.29) is 36.1 Å². The Morgan fingerprint density at radius 3 is 2.25 bits per heavy atom. The predicted octanol–water partition coefficient (Wildman–Crippen LogP) is 4.83. The summed E-state index contributed by atoms with van der Waals surface area (Å²) in [6.07, 6.45) is 7.11. The molecule has 0 atom stereocenters. The van der Waals surface area contributed by atoms with Gasteiger partial charge in [0.25, 0.3) is 0 Å². The molecule has 0 aliphatic carbocycles. The summed E-state index contributed by atoms with van der Waals surface area (Å²) in [4.78, 5) is 22.2. The predicted molar refractivity (Wildman–Crippen MR) is 108 cm³/mol. The van der Waals surface area contributed by atoms with Gasteiger partial charge in [0.15, 0.2) is 0 Å². The third kappa shape index (κ3) is 7.47. The number of phenols is 2. The average Bonchev–Trinajstić information content (AvgIpc) is 2.57. The molecular formula is C22H30O6. The molecule has 0 amide bonds. The third-order valence-electron chi connectivity index (χ3n) is 4.51. The van der Waals surface area contributed by atoms with E-state index in [4.69, 9.17) is 5.11 Å². The summed E-state index contributed by atoms with van der Waals surface area (Å²) in [5, 5.41) is 38.9. The van der Waals surface area contributed by atoms with Crippen molar-refractivity contribution in [1.82, 2.24) is 0 Å². The quantitative estimate of drug-likeness (QED) is 0.318. The number of hydrogen-bond acceptors (Lipinski definition) is 4. The maximum atomic E-state index is 11.6. The molecule has 1 rings (SSSR count). The fraction of sp³-hybridized carbons (Fsp3) is 0.455. The van der Waals surface area contributed by atoms with Crippen molar-refractivity contribution >= 4 is 11.9 Å². The van der Waals surface area contributed by atoms with Gasteiger partial charge in [-0.2, -0.15) is 0 Å². The van der Waals surface area contributed by atoms with Gasteiger partial charge in [0.2, 0.25) is 0 Å². The monoisotopic (exact) mass is 390 g/mol. The van der Waals surface area contributed by atoms with Crippen LogP contribution in [0.2, 0.25) is 0 Å². The molecule has 0 unspecified atom stereocenters. The van der Waals surface area contributed by atoms with Crippen molar-refractivity contribution < 1.29 is 30.0 Å². The Kier molecular flexibility index (Phi) is 9.28. The second-order valence-electron chi connectivity index (χ2n) is 7.24. The first-order chi connectivity index (χ1) is 13.1. The Bertz CT molecular complexity index is 770. The standard InChI is InChI=1S/C22H30O6/c1-14(2)7-6-8-15(3)11-12-17-18(23)13-16(9-4-5-10-19(24)25)20(21(17)26)22(27)28/h7,11,13,23,26H,4-6,8-10,12H2,1-3H3,(H,24,25)(H,27,28)/b15-11+. The lowest BCUT2D eigenvalue weighted by molar-refractivity contribution is -0.137. The second-order valence-corrected chi connectivity index (χ2v) is 7.24. The Labute approximate surface area is 165 Å². The van der Waals surface area contributed by atoms with Gasteiger partial charge in [0, 0.05) is 12.0 Å². The fourth-order valence-corrected chi connectivity index (χ4v) is 2.94. The molecule has 4 N–H and O–H groups in total. The molecule has 154 valence electrons. The first-order valence-electron chi connectivity index (χ1n) is 9.44. The van der Waals surface area contributed by atoms with Crippen LogP contribution in [0.4, 0.5) is 0 Å². The van der Waals surface area contributed by atoms with Crippen LogP contribution >= 0.6 is 0 Å². The number of carboxylic acid groups (broad SMARTS) is 2. The third-order valence-corrected chi connectivity index (χ3v) is 4.51. The number of aryl methyl sites for hydroxylation is 1. The maximum absolute atomic E-state index is 11.6. The molecule has 0 spiro atoms. The van der Waals surface area contributed by atoms with Gasteiger partial charge in [-0.05, 0) is 70.9 Å². The highest BCUT2D eigenvalue weighted by Gasteiger charge is 2.21. The van der Waals surface area contributed by atoms with Crippen LogP contribution in [0.15, 0.2) is 29.4 Å². The van der Waals surface area contributed by atoms with Crippen molar-refractivity contribution in [3.05, 3.63) is 46.1 Å². The minimum Gasteiger partial charge on any atom is -0.508 e. The van der Waals surface area contributed by atoms with E-state index in [1.165, 1.54) is 11.6 Å². The smallest absolute Gasteiger partial charge is 0.339 e. The molecule has 6 nitrogen and oxygen atoms in total. The molecule has 0 aromatic heterocycles. The van der Waals surface area contributed by atoms with Gasteiger partial charge in [0.05, 0.1) is 0 Å². The van der Waals surface area contributed by atoms with Crippen LogP contribution in [0.25, 0.3) is 0 Å². The minimum atomic E-state index is -1.27. The van der Waals surface area contributed by atoms with Crippen LogP contribution in [-0.4, -0.2) is 32.4 Å². The summed E-state index contributed by atoms with van der Waals surface area (Å²) in [6, 6.07) is 1.37. The van der Waals surface area contributed by atoms with Crippen LogP contribution in [0.5, 0.6) is 11.5 Å². The molecule has 0 aliphatic rings. The summed E-state index contributed by atoms with van der Waals surface area (Å²) in [7, 11) is 0. The summed E-state index contributed by atoms with van der Waals surface area (Å²) >= 11 is 0. The number of carbonyl (C=O) groups is 2. The lowest BCUT2D eigenvalue weighted by atomic mass is 9.94. The molecule has 0 saturated carbocycles. The zero-order valence-electron chi connectivity index (χ0n) is 16.8. The van der Waals surface area contributed by atoms with E-state index < -0.39 is 17.7 Å². The summed E-state index contributed by atoms with van der Waals surface area (Å²) < 4.78 is 0. The van der Waals surface area contributed by atoms with E-state index in [1.807, 2.05) is 26.8 Å². The fourth-order valence-electron chi connectivity index (χ4n) is 2.94. The van der Waals surface area contributed by atoms with E-state index in [0.717, 1.165) is 18.4 Å². The van der Waals surface area contributed by atoms with Crippen LogP contribution in [-0.2, 0) is 17.6 Å². The lowest BCUT2D eigenvalue weighted by Gasteiger charge is -2.14. The van der Waals surface area contributed by atoms with Crippen LogP contribution in [0, 0.1) is 0 Å². The van der Waals surface area contributed by atoms with E-state index in [0.29, 0.717) is 18.4 Å². The SMILES string of the molecule is CC(C)=CCC/C(C)=C/Cc1c(O)cc(CCCCC(=O)O)c(C(=O)O)c1O. The zero-order chi connectivity index (χ0) is 21.3. The number of rotatable bonds is 11. The number of allylic oxidation sites excluding steroid dienone is 4. The largest absolute Gasteiger partial charge is 0.508 e. The maximum Gasteiger partial charge on any atom is 0.339 e. The molecule has 0 saturated heterocycles. The average molecular weight is 390 g/mol. The van der Waals surface area contributed by atoms with E-state index >= 15 is 0 Å². The molecule has 0 aliphatic heterocycles. The van der Waals surface area contributed by atoms with Crippen molar-refractivity contribution in [3.63, 3.8) is 0 Å². The topological polar surface area (TPSA) is 115 Å². The molecule has 1 aromatic carbocycles. The van der Waals surface area contributed by atoms with Gasteiger partial charge in [-0.1, -0.05) is 23.3 Å². The number of aromatic hydroxyl groups is 2. The van der Waals surface area contributed by atoms with Gasteiger partial charge in [-0.25, -0.2) is 4.79 Å². The van der Waals surface area contributed by atoms with Crippen LogP contribution in [0.3, 0.4) is 0 Å². The normalized spacial score (nSPS) is 11.3. The summed E-state index contributed by atoms with van der Waals surface area (Å²) in [5.74, 6) is -2.75. The van der Waals surface area contributed by atoms with Gasteiger partial charge in [-0.15, -0.1) is 0 Å². The first kappa shape index (κ1) is 23.3. The van der Waals surface area contributed by atoms with E-state index in [1.54, 1.807) is 0 Å². The van der Waals surface area contributed by atoms with Crippen LogP contribution in [0.1, 0.15) is 74.4 Å². The van der Waals surface area contributed by atoms with Crippen molar-refractivity contribution in [3.8, 4) is 11.5 Å². The molecule has 0 radical (unpaired) electrons. The van der Waals surface area contributed by atoms with E-state index in [2.05, 4.69) is 6.08 Å². The summed E-state index contributed by atoms with van der Waals surface area (Å²) in [5.41, 5.74) is 2.60. The van der Waals surface area contributed by atoms with Crippen LogP contribution < -0.4 is 0 Å². The highest BCUT2D eigenvalue weighted by molar-refractivity contribution is 5.93. The van der Waals surface area contributed by atoms with Gasteiger partial charge in [0.1, 0.15) is 17.1 Å². The van der Waals surface area contributed by atoms with Crippen molar-refractivity contribution in [2.45, 2.75) is 65.7 Å². The Balaban J connectivity index is 2.99. The first-order valence-corrected chi connectivity index (χ1v) is 9.44. The molecule has 28 heavy (non-hydrogen) atoms. The molecule has 0 bridgehead atoms. The number of aliphatic carboxylic acids is 1.